The average molecular weight is 349 g/mol. The number of piperazine rings is 1. The normalized spacial score (nSPS) is 18.1. The lowest BCUT2D eigenvalue weighted by Crippen LogP contribution is -2.47. The Morgan fingerprint density at radius 3 is 2.48 bits per heavy atom. The fraction of sp³-hybridized carbons (Fsp3) is 0.647. The van der Waals surface area contributed by atoms with Gasteiger partial charge in [0.2, 0.25) is 0 Å². The van der Waals surface area contributed by atoms with Crippen LogP contribution in [0, 0.1) is 17.6 Å². The number of methoxy groups -OCH3 is 1. The fourth-order valence-electron chi connectivity index (χ4n) is 3.38. The molecule has 1 aromatic rings. The van der Waals surface area contributed by atoms with E-state index in [0.717, 1.165) is 39.0 Å². The Labute approximate surface area is 143 Å². The summed E-state index contributed by atoms with van der Waals surface area (Å²) in [5, 5.41) is 3.29. The van der Waals surface area contributed by atoms with E-state index in [0.29, 0.717) is 0 Å². The molecule has 1 unspecified atom stereocenters. The molecule has 0 bridgehead atoms. The Kier molecular flexibility index (Phi) is 8.23. The molecule has 1 saturated heterocycles. The SMILES string of the molecule is CCCC(C)[C@H](c1c(F)ccc(OC)c1F)N1CCNCC1.Cl. The molecule has 23 heavy (non-hydrogen) atoms. The molecule has 6 heteroatoms. The van der Waals surface area contributed by atoms with Gasteiger partial charge in [-0.15, -0.1) is 12.4 Å². The van der Waals surface area contributed by atoms with Crippen molar-refractivity contribution < 1.29 is 13.5 Å². The molecule has 0 aliphatic carbocycles. The molecular formula is C17H27ClF2N2O. The molecule has 1 aliphatic heterocycles. The molecule has 2 atom stereocenters. The molecule has 0 saturated carbocycles. The van der Waals surface area contributed by atoms with Crippen LogP contribution in [0.1, 0.15) is 38.3 Å². The Bertz CT molecular complexity index is 496. The van der Waals surface area contributed by atoms with Gasteiger partial charge < -0.3 is 10.1 Å². The highest BCUT2D eigenvalue weighted by Gasteiger charge is 2.32. The van der Waals surface area contributed by atoms with Crippen molar-refractivity contribution in [2.24, 2.45) is 5.92 Å². The summed E-state index contributed by atoms with van der Waals surface area (Å²) in [7, 11) is 1.41. The second kappa shape index (κ2) is 9.40. The van der Waals surface area contributed by atoms with Crippen LogP contribution in [-0.4, -0.2) is 38.2 Å². The van der Waals surface area contributed by atoms with Crippen LogP contribution in [0.4, 0.5) is 8.78 Å². The molecule has 3 nitrogen and oxygen atoms in total. The first-order valence-corrected chi connectivity index (χ1v) is 8.06. The smallest absolute Gasteiger partial charge is 0.172 e. The molecule has 1 fully saturated rings. The van der Waals surface area contributed by atoms with Crippen LogP contribution < -0.4 is 10.1 Å². The van der Waals surface area contributed by atoms with Gasteiger partial charge in [-0.3, -0.25) is 4.90 Å². The van der Waals surface area contributed by atoms with Crippen molar-refractivity contribution in [3.05, 3.63) is 29.3 Å². The van der Waals surface area contributed by atoms with Crippen molar-refractivity contribution in [1.82, 2.24) is 10.2 Å². The average Bonchev–Trinajstić information content (AvgIpc) is 2.52. The van der Waals surface area contributed by atoms with Crippen molar-refractivity contribution in [3.63, 3.8) is 0 Å². The minimum atomic E-state index is -0.561. The zero-order valence-corrected chi connectivity index (χ0v) is 14.9. The highest BCUT2D eigenvalue weighted by atomic mass is 35.5. The van der Waals surface area contributed by atoms with Crippen LogP contribution in [-0.2, 0) is 0 Å². The van der Waals surface area contributed by atoms with E-state index in [1.165, 1.54) is 19.2 Å². The number of halogens is 3. The minimum absolute atomic E-state index is 0. The second-order valence-corrected chi connectivity index (χ2v) is 5.97. The number of rotatable bonds is 6. The summed E-state index contributed by atoms with van der Waals surface area (Å²) in [6, 6.07) is 2.41. The quantitative estimate of drug-likeness (QED) is 0.846. The first-order chi connectivity index (χ1) is 10.6. The minimum Gasteiger partial charge on any atom is -0.494 e. The molecule has 0 aromatic heterocycles. The van der Waals surface area contributed by atoms with E-state index in [9.17, 15) is 8.78 Å². The predicted octanol–water partition coefficient (Wildman–Crippen LogP) is 3.78. The largest absolute Gasteiger partial charge is 0.494 e. The van der Waals surface area contributed by atoms with Crippen LogP contribution in [0.15, 0.2) is 12.1 Å². The number of hydrogen-bond donors (Lipinski definition) is 1. The lowest BCUT2D eigenvalue weighted by Gasteiger charge is -2.39. The zero-order valence-electron chi connectivity index (χ0n) is 14.1. The molecule has 1 aliphatic rings. The number of nitrogens with one attached hydrogen (secondary N) is 1. The van der Waals surface area contributed by atoms with Gasteiger partial charge in [0.05, 0.1) is 7.11 Å². The standard InChI is InChI=1S/C17H26F2N2O.ClH/c1-4-5-12(2)17(21-10-8-20-9-11-21)15-13(18)6-7-14(22-3)16(15)19;/h6-7,12,17,20H,4-5,8-11H2,1-3H3;1H/t12?,17-;/m1./s1. The van der Waals surface area contributed by atoms with E-state index in [4.69, 9.17) is 4.74 Å². The van der Waals surface area contributed by atoms with Gasteiger partial charge in [0.15, 0.2) is 11.6 Å². The van der Waals surface area contributed by atoms with Gasteiger partial charge in [-0.05, 0) is 24.5 Å². The van der Waals surface area contributed by atoms with Crippen molar-refractivity contribution in [2.75, 3.05) is 33.3 Å². The molecular weight excluding hydrogens is 322 g/mol. The highest BCUT2D eigenvalue weighted by molar-refractivity contribution is 5.85. The van der Waals surface area contributed by atoms with Crippen LogP contribution in [0.25, 0.3) is 0 Å². The van der Waals surface area contributed by atoms with Crippen LogP contribution in [0.5, 0.6) is 5.75 Å². The third-order valence-electron chi connectivity index (χ3n) is 4.43. The molecule has 0 amide bonds. The molecule has 1 N–H and O–H groups in total. The van der Waals surface area contributed by atoms with Crippen LogP contribution in [0.2, 0.25) is 0 Å². The van der Waals surface area contributed by atoms with Crippen LogP contribution >= 0.6 is 12.4 Å². The number of benzene rings is 1. The van der Waals surface area contributed by atoms with Crippen LogP contribution in [0.3, 0.4) is 0 Å². The van der Waals surface area contributed by atoms with Gasteiger partial charge >= 0.3 is 0 Å². The Balaban J connectivity index is 0.00000264. The Morgan fingerprint density at radius 1 is 1.26 bits per heavy atom. The zero-order chi connectivity index (χ0) is 16.1. The monoisotopic (exact) mass is 348 g/mol. The number of hydrogen-bond acceptors (Lipinski definition) is 3. The first-order valence-electron chi connectivity index (χ1n) is 8.06. The lowest BCUT2D eigenvalue weighted by molar-refractivity contribution is 0.119. The molecule has 132 valence electrons. The van der Waals surface area contributed by atoms with Gasteiger partial charge in [0, 0.05) is 37.8 Å². The van der Waals surface area contributed by atoms with E-state index in [1.807, 2.05) is 0 Å². The summed E-state index contributed by atoms with van der Waals surface area (Å²) in [4.78, 5) is 2.19. The first kappa shape index (κ1) is 20.1. The topological polar surface area (TPSA) is 24.5 Å². The number of nitrogens with zero attached hydrogens (tertiary/aromatic N) is 1. The summed E-state index contributed by atoms with van der Waals surface area (Å²) in [6.07, 6.45) is 1.93. The summed E-state index contributed by atoms with van der Waals surface area (Å²) in [5.41, 5.74) is 0.155. The highest BCUT2D eigenvalue weighted by Crippen LogP contribution is 2.37. The maximum atomic E-state index is 14.7. The van der Waals surface area contributed by atoms with Gasteiger partial charge in [-0.25, -0.2) is 8.78 Å². The van der Waals surface area contributed by atoms with Gasteiger partial charge in [0.25, 0.3) is 0 Å². The van der Waals surface area contributed by atoms with Crippen molar-refractivity contribution in [1.29, 1.82) is 0 Å². The molecule has 1 aromatic carbocycles. The Hall–Kier alpha value is -0.910. The van der Waals surface area contributed by atoms with E-state index < -0.39 is 11.6 Å². The van der Waals surface area contributed by atoms with Crippen molar-refractivity contribution in [3.8, 4) is 5.75 Å². The molecule has 2 rings (SSSR count). The maximum absolute atomic E-state index is 14.7. The third kappa shape index (κ3) is 4.55. The summed E-state index contributed by atoms with van der Waals surface area (Å²) in [6.45, 7) is 7.48. The number of ether oxygens (including phenoxy) is 1. The Morgan fingerprint density at radius 2 is 1.91 bits per heavy atom. The van der Waals surface area contributed by atoms with Gasteiger partial charge in [-0.1, -0.05) is 20.3 Å². The van der Waals surface area contributed by atoms with E-state index >= 15 is 0 Å². The molecule has 0 radical (unpaired) electrons. The van der Waals surface area contributed by atoms with Gasteiger partial charge in [-0.2, -0.15) is 0 Å². The predicted molar refractivity (Wildman–Crippen MR) is 91.4 cm³/mol. The van der Waals surface area contributed by atoms with E-state index in [-0.39, 0.29) is 35.7 Å². The summed E-state index contributed by atoms with van der Waals surface area (Å²) in [5.74, 6) is -0.752. The maximum Gasteiger partial charge on any atom is 0.172 e. The van der Waals surface area contributed by atoms with Crippen molar-refractivity contribution in [2.45, 2.75) is 32.7 Å². The molecule has 0 spiro atoms. The lowest BCUT2D eigenvalue weighted by atomic mass is 9.88. The molecule has 1 heterocycles. The van der Waals surface area contributed by atoms with E-state index in [1.54, 1.807) is 0 Å². The third-order valence-corrected chi connectivity index (χ3v) is 4.43. The van der Waals surface area contributed by atoms with Crippen molar-refractivity contribution >= 4 is 12.4 Å². The summed E-state index contributed by atoms with van der Waals surface area (Å²) < 4.78 is 34.2. The van der Waals surface area contributed by atoms with Gasteiger partial charge in [0.1, 0.15) is 5.82 Å². The summed E-state index contributed by atoms with van der Waals surface area (Å²) >= 11 is 0. The van der Waals surface area contributed by atoms with E-state index in [2.05, 4.69) is 24.1 Å². The fourth-order valence-corrected chi connectivity index (χ4v) is 3.38. The second-order valence-electron chi connectivity index (χ2n) is 5.97.